The van der Waals surface area contributed by atoms with Crippen molar-refractivity contribution in [2.75, 3.05) is 46.3 Å². The maximum Gasteiger partial charge on any atom is 0.258 e. The van der Waals surface area contributed by atoms with Gasteiger partial charge in [0.2, 0.25) is 0 Å². The Bertz CT molecular complexity index is 1430. The summed E-state index contributed by atoms with van der Waals surface area (Å²) in [6.07, 6.45) is 3.42. The zero-order valence-corrected chi connectivity index (χ0v) is 20.7. The van der Waals surface area contributed by atoms with Crippen LogP contribution in [0, 0.1) is 6.92 Å². The molecule has 1 amide bonds. The molecule has 0 radical (unpaired) electrons. The Morgan fingerprint density at radius 1 is 1.08 bits per heavy atom. The van der Waals surface area contributed by atoms with E-state index in [0.29, 0.717) is 24.0 Å². The molecule has 186 valence electrons. The third kappa shape index (κ3) is 5.24. The predicted octanol–water partition coefficient (Wildman–Crippen LogP) is 2.99. The highest BCUT2D eigenvalue weighted by molar-refractivity contribution is 5.94. The third-order valence-electron chi connectivity index (χ3n) is 6.89. The molecule has 0 saturated carbocycles. The number of likely N-dealkylation sites (N-methyl/N-ethyl adjacent to an activating group) is 1. The zero-order chi connectivity index (χ0) is 25.1. The van der Waals surface area contributed by atoms with E-state index in [1.165, 1.54) is 0 Å². The fraction of sp³-hybridized carbons (Fsp3) is 0.321. The van der Waals surface area contributed by atoms with Crippen LogP contribution in [0.1, 0.15) is 21.6 Å². The molecule has 2 aromatic carbocycles. The summed E-state index contributed by atoms with van der Waals surface area (Å²) in [6.45, 7) is 7.94. The van der Waals surface area contributed by atoms with Crippen LogP contribution in [-0.4, -0.2) is 71.7 Å². The number of rotatable bonds is 7. The molecule has 36 heavy (non-hydrogen) atoms. The van der Waals surface area contributed by atoms with Gasteiger partial charge in [0.25, 0.3) is 11.5 Å². The van der Waals surface area contributed by atoms with Crippen LogP contribution in [0.3, 0.4) is 0 Å². The van der Waals surface area contributed by atoms with Crippen molar-refractivity contribution in [2.24, 2.45) is 0 Å². The van der Waals surface area contributed by atoms with Crippen LogP contribution in [0.4, 0.5) is 0 Å². The maximum atomic E-state index is 13.2. The van der Waals surface area contributed by atoms with E-state index in [9.17, 15) is 9.59 Å². The molecular formula is C28H31N5O3. The summed E-state index contributed by atoms with van der Waals surface area (Å²) in [5.74, 6) is -0.0894. The molecule has 1 aliphatic rings. The van der Waals surface area contributed by atoms with Gasteiger partial charge < -0.3 is 19.3 Å². The van der Waals surface area contributed by atoms with Crippen molar-refractivity contribution in [2.45, 2.75) is 13.5 Å². The van der Waals surface area contributed by atoms with Crippen molar-refractivity contribution in [3.63, 3.8) is 0 Å². The number of fused-ring (bicyclic) bond motifs is 1. The van der Waals surface area contributed by atoms with Gasteiger partial charge in [-0.15, -0.1) is 0 Å². The van der Waals surface area contributed by atoms with Crippen LogP contribution < -0.4 is 10.9 Å². The number of amides is 1. The maximum absolute atomic E-state index is 13.2. The fourth-order valence-corrected chi connectivity index (χ4v) is 4.66. The molecule has 0 atom stereocenters. The quantitative estimate of drug-likeness (QED) is 0.433. The number of nitrogens with one attached hydrogen (secondary N) is 1. The van der Waals surface area contributed by atoms with Crippen LogP contribution in [0.25, 0.3) is 21.9 Å². The van der Waals surface area contributed by atoms with E-state index < -0.39 is 0 Å². The monoisotopic (exact) mass is 485 g/mol. The number of hydrogen-bond donors (Lipinski definition) is 1. The van der Waals surface area contributed by atoms with Crippen LogP contribution in [0.5, 0.6) is 0 Å². The molecule has 0 spiro atoms. The highest BCUT2D eigenvalue weighted by atomic mass is 16.5. The van der Waals surface area contributed by atoms with Gasteiger partial charge in [-0.05, 0) is 60.8 Å². The lowest BCUT2D eigenvalue weighted by atomic mass is 10.0. The number of pyridine rings is 1. The average molecular weight is 486 g/mol. The van der Waals surface area contributed by atoms with E-state index in [2.05, 4.69) is 27.3 Å². The second kappa shape index (κ2) is 10.5. The summed E-state index contributed by atoms with van der Waals surface area (Å²) in [6, 6.07) is 15.2. The van der Waals surface area contributed by atoms with Crippen LogP contribution in [0.2, 0.25) is 0 Å². The first kappa shape index (κ1) is 24.0. The lowest BCUT2D eigenvalue weighted by Crippen LogP contribution is -2.46. The molecule has 2 aromatic heterocycles. The van der Waals surface area contributed by atoms with Crippen molar-refractivity contribution >= 4 is 16.7 Å². The minimum absolute atomic E-state index is 0.0666. The molecule has 3 heterocycles. The normalized spacial score (nSPS) is 14.8. The molecule has 1 fully saturated rings. The number of aromatic nitrogens is 2. The van der Waals surface area contributed by atoms with E-state index in [1.54, 1.807) is 17.0 Å². The Morgan fingerprint density at radius 3 is 2.69 bits per heavy atom. The molecule has 0 bridgehead atoms. The topological polar surface area (TPSA) is 83.6 Å². The van der Waals surface area contributed by atoms with Crippen LogP contribution in [0.15, 0.2) is 70.3 Å². The lowest BCUT2D eigenvalue weighted by molar-refractivity contribution is 0.0941. The van der Waals surface area contributed by atoms with Gasteiger partial charge >= 0.3 is 0 Å². The number of nitrogens with zero attached hydrogens (tertiary/aromatic N) is 4. The number of benzene rings is 2. The molecule has 1 N–H and O–H groups in total. The van der Waals surface area contributed by atoms with Crippen molar-refractivity contribution in [3.8, 4) is 11.1 Å². The highest BCUT2D eigenvalue weighted by Crippen LogP contribution is 2.25. The summed E-state index contributed by atoms with van der Waals surface area (Å²) in [4.78, 5) is 30.6. The van der Waals surface area contributed by atoms with Gasteiger partial charge in [0.05, 0.1) is 12.2 Å². The SMILES string of the molecule is Cc1nocc1-c1ccc2c(=O)n(Cc3cccc(C(=O)NCCN4CCN(C)CC4)c3)ccc2c1. The van der Waals surface area contributed by atoms with Crippen LogP contribution >= 0.6 is 0 Å². The Kier molecular flexibility index (Phi) is 6.97. The number of hydrogen-bond acceptors (Lipinski definition) is 6. The number of carbonyl (C=O) groups is 1. The molecule has 5 rings (SSSR count). The number of carbonyl (C=O) groups excluding carboxylic acids is 1. The van der Waals surface area contributed by atoms with Gasteiger partial charge in [0.1, 0.15) is 6.26 Å². The highest BCUT2D eigenvalue weighted by Gasteiger charge is 2.14. The summed E-state index contributed by atoms with van der Waals surface area (Å²) >= 11 is 0. The first-order valence-electron chi connectivity index (χ1n) is 12.3. The zero-order valence-electron chi connectivity index (χ0n) is 20.7. The smallest absolute Gasteiger partial charge is 0.258 e. The Labute approximate surface area is 210 Å². The molecule has 1 aliphatic heterocycles. The molecule has 8 nitrogen and oxygen atoms in total. The van der Waals surface area contributed by atoms with Crippen molar-refractivity contribution in [3.05, 3.63) is 88.2 Å². The van der Waals surface area contributed by atoms with Gasteiger partial charge in [-0.1, -0.05) is 23.4 Å². The minimum atomic E-state index is -0.0894. The number of aryl methyl sites for hydroxylation is 1. The van der Waals surface area contributed by atoms with E-state index in [0.717, 1.165) is 60.5 Å². The Hall–Kier alpha value is -3.75. The second-order valence-corrected chi connectivity index (χ2v) is 9.47. The largest absolute Gasteiger partial charge is 0.364 e. The molecule has 0 aliphatic carbocycles. The van der Waals surface area contributed by atoms with Gasteiger partial charge in [0, 0.05) is 62.0 Å². The first-order chi connectivity index (χ1) is 17.5. The minimum Gasteiger partial charge on any atom is -0.364 e. The summed E-state index contributed by atoms with van der Waals surface area (Å²) in [7, 11) is 2.13. The third-order valence-corrected chi connectivity index (χ3v) is 6.89. The predicted molar refractivity (Wildman–Crippen MR) is 140 cm³/mol. The van der Waals surface area contributed by atoms with Crippen molar-refractivity contribution in [1.82, 2.24) is 24.8 Å². The second-order valence-electron chi connectivity index (χ2n) is 9.47. The van der Waals surface area contributed by atoms with Crippen molar-refractivity contribution in [1.29, 1.82) is 0 Å². The molecule has 1 saturated heterocycles. The van der Waals surface area contributed by atoms with Crippen molar-refractivity contribution < 1.29 is 9.32 Å². The summed E-state index contributed by atoms with van der Waals surface area (Å²) < 4.78 is 6.73. The molecule has 0 unspecified atom stereocenters. The van der Waals surface area contributed by atoms with E-state index in [1.807, 2.05) is 55.5 Å². The van der Waals surface area contributed by atoms with Gasteiger partial charge in [-0.2, -0.15) is 0 Å². The molecule has 8 heteroatoms. The van der Waals surface area contributed by atoms with Gasteiger partial charge in [-0.25, -0.2) is 0 Å². The summed E-state index contributed by atoms with van der Waals surface area (Å²) in [5, 5.41) is 8.48. The van der Waals surface area contributed by atoms with Gasteiger partial charge in [0.15, 0.2) is 0 Å². The van der Waals surface area contributed by atoms with Crippen LogP contribution in [-0.2, 0) is 6.54 Å². The first-order valence-corrected chi connectivity index (χ1v) is 12.3. The average Bonchev–Trinajstić information content (AvgIpc) is 3.32. The standard InChI is InChI=1S/C28H31N5O3/c1-20-26(19-36-30-20)22-6-7-25-23(17-22)8-10-33(28(25)35)18-21-4-3-5-24(16-21)27(34)29-9-11-32-14-12-31(2)13-15-32/h3-8,10,16-17,19H,9,11-15,18H2,1-2H3,(H,29,34). The lowest BCUT2D eigenvalue weighted by Gasteiger charge is -2.32. The van der Waals surface area contributed by atoms with E-state index >= 15 is 0 Å². The molecular weight excluding hydrogens is 454 g/mol. The number of piperazine rings is 1. The van der Waals surface area contributed by atoms with E-state index in [-0.39, 0.29) is 11.5 Å². The fourth-order valence-electron chi connectivity index (χ4n) is 4.66. The Morgan fingerprint density at radius 2 is 1.92 bits per heavy atom. The van der Waals surface area contributed by atoms with E-state index in [4.69, 9.17) is 4.52 Å². The summed E-state index contributed by atoms with van der Waals surface area (Å²) in [5.41, 5.74) is 4.13. The molecule has 4 aromatic rings. The Balaban J connectivity index is 1.26. The van der Waals surface area contributed by atoms with Gasteiger partial charge in [-0.3, -0.25) is 14.5 Å².